The van der Waals surface area contributed by atoms with Crippen molar-refractivity contribution < 1.29 is 26.6 Å². The van der Waals surface area contributed by atoms with Gasteiger partial charge in [0, 0.05) is 0 Å². The standard InChI is InChI=1S/C21H46N.H3O4P/c1-5-7-9-11-13-15-17-19-21-22(3,4)20-18-16-14-12-10-8-6-2;1-5(2,3)4/h5-21H2,1-4H3;(H3,1,2,3,4)/q+1;/p-1. The highest BCUT2D eigenvalue weighted by molar-refractivity contribution is 7.40. The molecule has 6 heteroatoms. The molecule has 0 spiro atoms. The van der Waals surface area contributed by atoms with Crippen LogP contribution in [0.15, 0.2) is 0 Å². The van der Waals surface area contributed by atoms with Gasteiger partial charge in [0.05, 0.1) is 27.2 Å². The van der Waals surface area contributed by atoms with E-state index < -0.39 is 7.82 Å². The Morgan fingerprint density at radius 1 is 0.593 bits per heavy atom. The minimum atomic E-state index is -5.39. The average molecular weight is 410 g/mol. The maximum absolute atomic E-state index is 8.55. The molecule has 0 bridgehead atoms. The van der Waals surface area contributed by atoms with Crippen molar-refractivity contribution in [2.24, 2.45) is 0 Å². The molecule has 0 aliphatic rings. The minimum absolute atomic E-state index is 0. The molecule has 27 heavy (non-hydrogen) atoms. The summed E-state index contributed by atoms with van der Waals surface area (Å²) in [4.78, 5) is 25.6. The summed E-state index contributed by atoms with van der Waals surface area (Å²) < 4.78 is 9.79. The number of unbranched alkanes of at least 4 members (excludes halogenated alkanes) is 13. The maximum atomic E-state index is 8.55. The Morgan fingerprint density at radius 2 is 0.815 bits per heavy atom. The molecule has 0 unspecified atom stereocenters. The molecule has 0 rings (SSSR count). The number of phosphoric acid groups is 1. The molecular formula is C21H48NO4P. The first-order chi connectivity index (χ1) is 12.6. The van der Waals surface area contributed by atoms with Gasteiger partial charge in [0.15, 0.2) is 0 Å². The van der Waals surface area contributed by atoms with Crippen LogP contribution in [-0.2, 0) is 4.57 Å². The zero-order chi connectivity index (χ0) is 21.0. The van der Waals surface area contributed by atoms with Crippen molar-refractivity contribution in [1.82, 2.24) is 0 Å². The van der Waals surface area contributed by atoms with Crippen LogP contribution >= 0.6 is 7.82 Å². The highest BCUT2D eigenvalue weighted by Gasteiger charge is 2.13. The molecule has 0 aromatic carbocycles. The summed E-state index contributed by atoms with van der Waals surface area (Å²) in [7, 11) is -0.531. The summed E-state index contributed by atoms with van der Waals surface area (Å²) in [6.45, 7) is 7.35. The average Bonchev–Trinajstić information content (AvgIpc) is 2.55. The van der Waals surface area contributed by atoms with Crippen LogP contribution in [0, 0.1) is 0 Å². The first-order valence-electron chi connectivity index (χ1n) is 11.2. The number of nitrogens with zero attached hydrogens (tertiary/aromatic N) is 1. The summed E-state index contributed by atoms with van der Waals surface area (Å²) in [5, 5.41) is 0. The molecule has 0 saturated carbocycles. The van der Waals surface area contributed by atoms with Crippen LogP contribution in [0.3, 0.4) is 0 Å². The van der Waals surface area contributed by atoms with Crippen molar-refractivity contribution in [2.45, 2.75) is 110 Å². The lowest BCUT2D eigenvalue weighted by atomic mass is 10.1. The van der Waals surface area contributed by atoms with Gasteiger partial charge in [-0.1, -0.05) is 84.5 Å². The van der Waals surface area contributed by atoms with E-state index >= 15 is 0 Å². The van der Waals surface area contributed by atoms with Crippen LogP contribution in [-0.4, -0.2) is 31.7 Å². The SMILES string of the molecule is CCCCCCCCCC[N+](C)(C)CCCCCCCCC.O=P([O-])([O-])[O-].[H+].[H+]. The molecule has 5 nitrogen and oxygen atoms in total. The van der Waals surface area contributed by atoms with Crippen molar-refractivity contribution >= 4 is 7.82 Å². The van der Waals surface area contributed by atoms with E-state index in [-0.39, 0.29) is 2.85 Å². The number of quaternary nitrogens is 1. The zero-order valence-electron chi connectivity index (χ0n) is 20.5. The van der Waals surface area contributed by atoms with Gasteiger partial charge in [0.2, 0.25) is 0 Å². The Labute approximate surface area is 172 Å². The highest BCUT2D eigenvalue weighted by atomic mass is 31.2. The molecule has 0 heterocycles. The van der Waals surface area contributed by atoms with Crippen LogP contribution < -0.4 is 14.7 Å². The van der Waals surface area contributed by atoms with Crippen LogP contribution in [0.4, 0.5) is 0 Å². The van der Waals surface area contributed by atoms with E-state index in [1.165, 1.54) is 114 Å². The molecule has 0 aliphatic heterocycles. The molecule has 0 fully saturated rings. The van der Waals surface area contributed by atoms with Gasteiger partial charge in [0.1, 0.15) is 0 Å². The highest BCUT2D eigenvalue weighted by Crippen LogP contribution is 2.12. The van der Waals surface area contributed by atoms with Crippen molar-refractivity contribution in [2.75, 3.05) is 27.2 Å². The molecule has 0 atom stereocenters. The fraction of sp³-hybridized carbons (Fsp3) is 1.00. The number of rotatable bonds is 17. The molecule has 0 aromatic heterocycles. The van der Waals surface area contributed by atoms with E-state index in [9.17, 15) is 0 Å². The normalized spacial score (nSPS) is 12.0. The summed E-state index contributed by atoms with van der Waals surface area (Å²) in [6.07, 6.45) is 21.5. The topological polar surface area (TPSA) is 86.2 Å². The van der Waals surface area contributed by atoms with Crippen LogP contribution in [0.2, 0.25) is 0 Å². The van der Waals surface area contributed by atoms with Gasteiger partial charge in [-0.25, -0.2) is 0 Å². The van der Waals surface area contributed by atoms with Gasteiger partial charge in [-0.3, -0.25) is 0 Å². The van der Waals surface area contributed by atoms with Gasteiger partial charge in [-0.05, 0) is 25.7 Å². The first-order valence-corrected chi connectivity index (χ1v) is 12.6. The smallest absolute Gasteiger partial charge is 0.822 e. The lowest BCUT2D eigenvalue weighted by Gasteiger charge is -2.36. The Bertz CT molecular complexity index is 347. The van der Waals surface area contributed by atoms with E-state index in [0.717, 1.165) is 0 Å². The van der Waals surface area contributed by atoms with E-state index in [4.69, 9.17) is 19.2 Å². The van der Waals surface area contributed by atoms with Gasteiger partial charge in [0.25, 0.3) is 0 Å². The third-order valence-corrected chi connectivity index (χ3v) is 4.98. The number of hydrogen-bond donors (Lipinski definition) is 0. The fourth-order valence-electron chi connectivity index (χ4n) is 3.28. The van der Waals surface area contributed by atoms with Crippen LogP contribution in [0.1, 0.15) is 113 Å². The predicted molar refractivity (Wildman–Crippen MR) is 112 cm³/mol. The lowest BCUT2D eigenvalue weighted by Crippen LogP contribution is -2.41. The van der Waals surface area contributed by atoms with Crippen molar-refractivity contribution in [3.05, 3.63) is 0 Å². The van der Waals surface area contributed by atoms with E-state index in [0.29, 0.717) is 0 Å². The fourth-order valence-corrected chi connectivity index (χ4v) is 3.28. The Hall–Kier alpha value is 0.0700. The Balaban J connectivity index is -0.000000396. The third-order valence-electron chi connectivity index (χ3n) is 4.98. The molecule has 0 amide bonds. The van der Waals surface area contributed by atoms with E-state index in [2.05, 4.69) is 27.9 Å². The van der Waals surface area contributed by atoms with Crippen molar-refractivity contribution in [1.29, 1.82) is 0 Å². The molecule has 0 saturated heterocycles. The van der Waals surface area contributed by atoms with Crippen molar-refractivity contribution in [3.63, 3.8) is 0 Å². The monoisotopic (exact) mass is 409 g/mol. The van der Waals surface area contributed by atoms with E-state index in [1.54, 1.807) is 0 Å². The largest absolute Gasteiger partial charge is 1.00 e. The molecule has 166 valence electrons. The lowest BCUT2D eigenvalue weighted by molar-refractivity contribution is -0.890. The molecule has 0 N–H and O–H groups in total. The minimum Gasteiger partial charge on any atom is -0.822 e. The van der Waals surface area contributed by atoms with Crippen molar-refractivity contribution in [3.8, 4) is 0 Å². The molecule has 0 aliphatic carbocycles. The predicted octanol–water partition coefficient (Wildman–Crippen LogP) is 4.35. The van der Waals surface area contributed by atoms with Crippen LogP contribution in [0.5, 0.6) is 0 Å². The second-order valence-corrected chi connectivity index (χ2v) is 9.32. The van der Waals surface area contributed by atoms with Gasteiger partial charge in [-0.2, -0.15) is 7.82 Å². The summed E-state index contributed by atoms with van der Waals surface area (Å²) >= 11 is 0. The third kappa shape index (κ3) is 34.0. The van der Waals surface area contributed by atoms with Gasteiger partial charge >= 0.3 is 2.85 Å². The first kappa shape index (κ1) is 29.3. The maximum Gasteiger partial charge on any atom is 1.00 e. The second kappa shape index (κ2) is 19.4. The summed E-state index contributed by atoms with van der Waals surface area (Å²) in [5.74, 6) is 0. The van der Waals surface area contributed by atoms with E-state index in [1.807, 2.05) is 0 Å². The molecular weight excluding hydrogens is 361 g/mol. The second-order valence-electron chi connectivity index (χ2n) is 8.43. The Morgan fingerprint density at radius 3 is 1.07 bits per heavy atom. The quantitative estimate of drug-likeness (QED) is 0.203. The zero-order valence-corrected chi connectivity index (χ0v) is 19.4. The van der Waals surface area contributed by atoms with Crippen LogP contribution in [0.25, 0.3) is 0 Å². The summed E-state index contributed by atoms with van der Waals surface area (Å²) in [5.41, 5.74) is 0. The van der Waals surface area contributed by atoms with Gasteiger partial charge < -0.3 is 23.7 Å². The summed E-state index contributed by atoms with van der Waals surface area (Å²) in [6, 6.07) is 0. The molecule has 0 radical (unpaired) electrons. The Kier molecular flexibility index (Phi) is 21.0. The molecule has 0 aromatic rings. The number of hydrogen-bond acceptors (Lipinski definition) is 4. The van der Waals surface area contributed by atoms with Gasteiger partial charge in [-0.15, -0.1) is 0 Å².